The summed E-state index contributed by atoms with van der Waals surface area (Å²) in [4.78, 5) is 0. The molecule has 0 atom stereocenters. The van der Waals surface area contributed by atoms with Gasteiger partial charge in [-0.05, 0) is 13.3 Å². The first kappa shape index (κ1) is 7.22. The van der Waals surface area contributed by atoms with Crippen molar-refractivity contribution in [2.75, 3.05) is 0 Å². The van der Waals surface area contributed by atoms with Gasteiger partial charge in [0.05, 0.1) is 0 Å². The summed E-state index contributed by atoms with van der Waals surface area (Å²) in [5.74, 6) is 0. The van der Waals surface area contributed by atoms with Crippen LogP contribution in [0.25, 0.3) is 0 Å². The number of hydrogen-bond acceptors (Lipinski definition) is 0. The minimum Gasteiger partial charge on any atom is -0.0991 e. The van der Waals surface area contributed by atoms with E-state index >= 15 is 0 Å². The molecule has 0 aliphatic rings. The van der Waals surface area contributed by atoms with Gasteiger partial charge in [0.25, 0.3) is 0 Å². The van der Waals surface area contributed by atoms with Crippen LogP contribution in [0.2, 0.25) is 0 Å². The number of allylic oxidation sites excluding steroid dienone is 5. The molecule has 0 aromatic heterocycles. The van der Waals surface area contributed by atoms with Crippen molar-refractivity contribution < 1.29 is 0 Å². The Kier molecular flexibility index (Phi) is 5.61. The molecule has 0 radical (unpaired) electrons. The first-order valence-electron chi connectivity index (χ1n) is 2.80. The summed E-state index contributed by atoms with van der Waals surface area (Å²) in [6.07, 6.45) is 10.9. The van der Waals surface area contributed by atoms with E-state index in [1.165, 1.54) is 0 Å². The van der Waals surface area contributed by atoms with E-state index in [1.807, 2.05) is 19.1 Å². The molecule has 0 saturated heterocycles. The van der Waals surface area contributed by atoms with Gasteiger partial charge in [0.15, 0.2) is 0 Å². The highest BCUT2D eigenvalue weighted by Gasteiger charge is 1.62. The van der Waals surface area contributed by atoms with E-state index < -0.39 is 0 Å². The van der Waals surface area contributed by atoms with E-state index in [-0.39, 0.29) is 0 Å². The van der Waals surface area contributed by atoms with Gasteiger partial charge in [-0.15, -0.1) is 0 Å². The van der Waals surface area contributed by atoms with Crippen LogP contribution in [0.4, 0.5) is 0 Å². The largest absolute Gasteiger partial charge is 0.0991 e. The zero-order valence-corrected chi connectivity index (χ0v) is 5.30. The van der Waals surface area contributed by atoms with Crippen LogP contribution < -0.4 is 0 Å². The number of hydrogen-bond donors (Lipinski definition) is 0. The fourth-order valence-electron chi connectivity index (χ4n) is 0.389. The lowest BCUT2D eigenvalue weighted by Gasteiger charge is -1.74. The molecule has 0 aromatic rings. The summed E-state index contributed by atoms with van der Waals surface area (Å²) in [5, 5.41) is 0. The first-order valence-corrected chi connectivity index (χ1v) is 2.80. The summed E-state index contributed by atoms with van der Waals surface area (Å²) < 4.78 is 0. The molecule has 8 heavy (non-hydrogen) atoms. The molecular formula is C8H12. The van der Waals surface area contributed by atoms with Crippen molar-refractivity contribution in [1.82, 2.24) is 0 Å². The van der Waals surface area contributed by atoms with Crippen LogP contribution in [-0.4, -0.2) is 0 Å². The second-order valence-corrected chi connectivity index (χ2v) is 1.47. The molecule has 0 heterocycles. The van der Waals surface area contributed by atoms with Crippen LogP contribution in [0.1, 0.15) is 13.3 Å². The summed E-state index contributed by atoms with van der Waals surface area (Å²) in [7, 11) is 0. The topological polar surface area (TPSA) is 0 Å². The van der Waals surface area contributed by atoms with Crippen molar-refractivity contribution in [2.24, 2.45) is 0 Å². The second-order valence-electron chi connectivity index (χ2n) is 1.47. The Bertz CT molecular complexity index is 96.6. The van der Waals surface area contributed by atoms with Crippen LogP contribution in [0, 0.1) is 0 Å². The van der Waals surface area contributed by atoms with E-state index in [0.29, 0.717) is 0 Å². The maximum atomic E-state index is 3.55. The lowest BCUT2D eigenvalue weighted by atomic mass is 10.3. The molecule has 0 aromatic carbocycles. The fourth-order valence-corrected chi connectivity index (χ4v) is 0.389. The Hall–Kier alpha value is -0.780. The van der Waals surface area contributed by atoms with Gasteiger partial charge >= 0.3 is 0 Å². The van der Waals surface area contributed by atoms with E-state index in [2.05, 4.69) is 18.7 Å². The lowest BCUT2D eigenvalue weighted by Crippen LogP contribution is -1.53. The van der Waals surface area contributed by atoms with E-state index in [9.17, 15) is 0 Å². The van der Waals surface area contributed by atoms with E-state index in [0.717, 1.165) is 6.42 Å². The molecule has 0 fully saturated rings. The molecule has 44 valence electrons. The highest BCUT2D eigenvalue weighted by molar-refractivity contribution is 5.00. The predicted molar refractivity (Wildman–Crippen MR) is 38.8 cm³/mol. The van der Waals surface area contributed by atoms with Crippen molar-refractivity contribution in [3.8, 4) is 0 Å². The van der Waals surface area contributed by atoms with Crippen LogP contribution in [0.5, 0.6) is 0 Å². The molecule has 0 unspecified atom stereocenters. The molecule has 0 amide bonds. The Morgan fingerprint density at radius 3 is 2.62 bits per heavy atom. The molecule has 0 aliphatic carbocycles. The number of rotatable bonds is 3. The summed E-state index contributed by atoms with van der Waals surface area (Å²) >= 11 is 0. The Morgan fingerprint density at radius 2 is 2.12 bits per heavy atom. The van der Waals surface area contributed by atoms with Crippen molar-refractivity contribution in [3.63, 3.8) is 0 Å². The molecule has 0 saturated carbocycles. The van der Waals surface area contributed by atoms with E-state index in [4.69, 9.17) is 0 Å². The standard InChI is InChI=1S/C8H12/c1-3-5-7-8-6-4-2/h3-7H,1,8H2,2H3/b6-4-,7-5-. The van der Waals surface area contributed by atoms with Crippen LogP contribution >= 0.6 is 0 Å². The normalized spacial score (nSPS) is 11.1. The monoisotopic (exact) mass is 108 g/mol. The first-order chi connectivity index (χ1) is 3.91. The molecule has 0 N–H and O–H groups in total. The molecule has 0 aliphatic heterocycles. The quantitative estimate of drug-likeness (QED) is 0.385. The average Bonchev–Trinajstić information content (AvgIpc) is 1.81. The Labute approximate surface area is 51.2 Å². The molecule has 0 heteroatoms. The van der Waals surface area contributed by atoms with Gasteiger partial charge < -0.3 is 0 Å². The van der Waals surface area contributed by atoms with Crippen LogP contribution in [-0.2, 0) is 0 Å². The third-order valence-electron chi connectivity index (χ3n) is 0.780. The van der Waals surface area contributed by atoms with Crippen molar-refractivity contribution >= 4 is 0 Å². The highest BCUT2D eigenvalue weighted by Crippen LogP contribution is 1.84. The SMILES string of the molecule is C=C/C=C\C/C=C\C. The van der Waals surface area contributed by atoms with Crippen LogP contribution in [0.3, 0.4) is 0 Å². The molecule has 0 bridgehead atoms. The second kappa shape index (κ2) is 6.22. The van der Waals surface area contributed by atoms with Crippen molar-refractivity contribution in [1.29, 1.82) is 0 Å². The van der Waals surface area contributed by atoms with Gasteiger partial charge in [0.1, 0.15) is 0 Å². The lowest BCUT2D eigenvalue weighted by molar-refractivity contribution is 1.38. The summed E-state index contributed by atoms with van der Waals surface area (Å²) in [5.41, 5.74) is 0. The zero-order chi connectivity index (χ0) is 6.24. The van der Waals surface area contributed by atoms with Gasteiger partial charge in [-0.3, -0.25) is 0 Å². The van der Waals surface area contributed by atoms with Gasteiger partial charge in [-0.25, -0.2) is 0 Å². The summed E-state index contributed by atoms with van der Waals surface area (Å²) in [6.45, 7) is 5.56. The molecular weight excluding hydrogens is 96.1 g/mol. The third kappa shape index (κ3) is 5.22. The minimum atomic E-state index is 1.02. The molecule has 0 nitrogen and oxygen atoms in total. The van der Waals surface area contributed by atoms with Gasteiger partial charge in [0, 0.05) is 0 Å². The van der Waals surface area contributed by atoms with Crippen molar-refractivity contribution in [2.45, 2.75) is 13.3 Å². The molecule has 0 spiro atoms. The minimum absolute atomic E-state index is 1.02. The molecule has 0 rings (SSSR count). The van der Waals surface area contributed by atoms with Gasteiger partial charge in [-0.2, -0.15) is 0 Å². The average molecular weight is 108 g/mol. The van der Waals surface area contributed by atoms with Crippen molar-refractivity contribution in [3.05, 3.63) is 37.0 Å². The summed E-state index contributed by atoms with van der Waals surface area (Å²) in [6, 6.07) is 0. The Morgan fingerprint density at radius 1 is 1.38 bits per heavy atom. The Balaban J connectivity index is 3.15. The van der Waals surface area contributed by atoms with Gasteiger partial charge in [-0.1, -0.05) is 37.0 Å². The van der Waals surface area contributed by atoms with Gasteiger partial charge in [0.2, 0.25) is 0 Å². The van der Waals surface area contributed by atoms with Crippen LogP contribution in [0.15, 0.2) is 37.0 Å². The predicted octanol–water partition coefficient (Wildman–Crippen LogP) is 2.69. The fraction of sp³-hybridized carbons (Fsp3) is 0.250. The smallest absolute Gasteiger partial charge is 0.0166 e. The maximum Gasteiger partial charge on any atom is -0.0166 e. The highest BCUT2D eigenvalue weighted by atomic mass is 13.7. The third-order valence-corrected chi connectivity index (χ3v) is 0.780. The zero-order valence-electron chi connectivity index (χ0n) is 5.30. The van der Waals surface area contributed by atoms with E-state index in [1.54, 1.807) is 6.08 Å². The maximum absolute atomic E-state index is 3.55.